The zero-order chi connectivity index (χ0) is 25.7. The van der Waals surface area contributed by atoms with E-state index in [2.05, 4.69) is 15.5 Å². The summed E-state index contributed by atoms with van der Waals surface area (Å²) in [5.74, 6) is -0.170. The normalized spacial score (nSPS) is 13.7. The molecule has 0 unspecified atom stereocenters. The number of amides is 2. The van der Waals surface area contributed by atoms with Crippen LogP contribution in [0.2, 0.25) is 0 Å². The number of aryl methyl sites for hydroxylation is 1. The van der Waals surface area contributed by atoms with Crippen LogP contribution in [0.15, 0.2) is 66.7 Å². The van der Waals surface area contributed by atoms with Crippen LogP contribution in [-0.2, 0) is 9.47 Å². The highest BCUT2D eigenvalue weighted by atomic mass is 16.6. The highest BCUT2D eigenvalue weighted by Crippen LogP contribution is 2.27. The van der Waals surface area contributed by atoms with Crippen LogP contribution in [0.4, 0.5) is 21.9 Å². The maximum absolute atomic E-state index is 13.0. The Hall–Kier alpha value is -3.84. The number of carbonyl (C=O) groups excluding carboxylic acids is 2. The minimum Gasteiger partial charge on any atom is -0.444 e. The lowest BCUT2D eigenvalue weighted by Gasteiger charge is -2.28. The summed E-state index contributed by atoms with van der Waals surface area (Å²) in [7, 11) is 0. The lowest BCUT2D eigenvalue weighted by atomic mass is 9.98. The van der Waals surface area contributed by atoms with Crippen LogP contribution in [0.5, 0.6) is 0 Å². The van der Waals surface area contributed by atoms with E-state index in [1.54, 1.807) is 6.07 Å². The van der Waals surface area contributed by atoms with Crippen molar-refractivity contribution in [2.45, 2.75) is 33.3 Å². The quantitative estimate of drug-likeness (QED) is 0.455. The van der Waals surface area contributed by atoms with Crippen LogP contribution in [0, 0.1) is 6.92 Å². The van der Waals surface area contributed by atoms with Crippen LogP contribution in [0.25, 0.3) is 11.1 Å². The molecule has 7 heteroatoms. The van der Waals surface area contributed by atoms with Gasteiger partial charge in [-0.25, -0.2) is 4.79 Å². The Bertz CT molecular complexity index is 1230. The van der Waals surface area contributed by atoms with Gasteiger partial charge in [0, 0.05) is 35.7 Å². The van der Waals surface area contributed by atoms with Crippen LogP contribution < -0.4 is 15.5 Å². The number of hydrogen-bond donors (Lipinski definition) is 2. The molecule has 0 atom stereocenters. The molecule has 1 aliphatic heterocycles. The SMILES string of the molecule is Cc1cc(NC(=O)OC(C)(C)C)ccc1-c1cccc(C(=O)Nc2ccc(N3CCOCC3)cc2)c1. The van der Waals surface area contributed by atoms with Crippen molar-refractivity contribution in [3.05, 3.63) is 77.9 Å². The molecule has 3 aromatic rings. The van der Waals surface area contributed by atoms with Crippen molar-refractivity contribution in [2.75, 3.05) is 41.8 Å². The second-order valence-corrected chi connectivity index (χ2v) is 9.84. The first-order valence-electron chi connectivity index (χ1n) is 12.1. The molecule has 0 radical (unpaired) electrons. The number of anilines is 3. The molecule has 0 saturated carbocycles. The predicted molar refractivity (Wildman–Crippen MR) is 144 cm³/mol. The molecule has 36 heavy (non-hydrogen) atoms. The topological polar surface area (TPSA) is 79.9 Å². The van der Waals surface area contributed by atoms with Gasteiger partial charge in [0.2, 0.25) is 0 Å². The van der Waals surface area contributed by atoms with Crippen molar-refractivity contribution in [3.8, 4) is 11.1 Å². The van der Waals surface area contributed by atoms with Gasteiger partial charge in [-0.2, -0.15) is 0 Å². The summed E-state index contributed by atoms with van der Waals surface area (Å²) in [6.07, 6.45) is -0.494. The van der Waals surface area contributed by atoms with Crippen molar-refractivity contribution in [3.63, 3.8) is 0 Å². The number of morpholine rings is 1. The number of ether oxygens (including phenoxy) is 2. The van der Waals surface area contributed by atoms with Crippen LogP contribution in [0.1, 0.15) is 36.7 Å². The van der Waals surface area contributed by atoms with Crippen LogP contribution in [-0.4, -0.2) is 43.9 Å². The molecule has 0 aromatic heterocycles. The Balaban J connectivity index is 1.43. The Morgan fingerprint density at radius 1 is 0.889 bits per heavy atom. The fourth-order valence-corrected chi connectivity index (χ4v) is 4.10. The second kappa shape index (κ2) is 10.8. The molecule has 4 rings (SSSR count). The third kappa shape index (κ3) is 6.64. The van der Waals surface area contributed by atoms with Crippen molar-refractivity contribution >= 4 is 29.1 Å². The van der Waals surface area contributed by atoms with Crippen molar-refractivity contribution in [1.29, 1.82) is 0 Å². The molecule has 0 spiro atoms. The average molecular weight is 488 g/mol. The maximum Gasteiger partial charge on any atom is 0.412 e. The minimum absolute atomic E-state index is 0.170. The monoisotopic (exact) mass is 487 g/mol. The van der Waals surface area contributed by atoms with Gasteiger partial charge in [-0.3, -0.25) is 10.1 Å². The molecule has 0 bridgehead atoms. The molecule has 0 aliphatic carbocycles. The first kappa shape index (κ1) is 25.3. The molecule has 2 amide bonds. The van der Waals surface area contributed by atoms with E-state index >= 15 is 0 Å². The Morgan fingerprint density at radius 2 is 1.58 bits per heavy atom. The van der Waals surface area contributed by atoms with Gasteiger partial charge < -0.3 is 19.7 Å². The minimum atomic E-state index is -0.565. The molecule has 7 nitrogen and oxygen atoms in total. The molecule has 188 valence electrons. The highest BCUT2D eigenvalue weighted by molar-refractivity contribution is 6.05. The molecule has 1 aliphatic rings. The van der Waals surface area contributed by atoms with Gasteiger partial charge >= 0.3 is 6.09 Å². The zero-order valence-corrected chi connectivity index (χ0v) is 21.3. The predicted octanol–water partition coefficient (Wildman–Crippen LogP) is 6.10. The van der Waals surface area contributed by atoms with Gasteiger partial charge in [-0.15, -0.1) is 0 Å². The number of carbonyl (C=O) groups is 2. The van der Waals surface area contributed by atoms with Gasteiger partial charge in [0.05, 0.1) is 13.2 Å². The largest absolute Gasteiger partial charge is 0.444 e. The molecule has 1 fully saturated rings. The number of benzene rings is 3. The van der Waals surface area contributed by atoms with Gasteiger partial charge in [0.25, 0.3) is 5.91 Å². The zero-order valence-electron chi connectivity index (χ0n) is 21.3. The van der Waals surface area contributed by atoms with E-state index in [9.17, 15) is 9.59 Å². The average Bonchev–Trinajstić information content (AvgIpc) is 2.84. The number of nitrogens with one attached hydrogen (secondary N) is 2. The summed E-state index contributed by atoms with van der Waals surface area (Å²) in [5, 5.41) is 5.75. The Morgan fingerprint density at radius 3 is 2.25 bits per heavy atom. The molecule has 1 heterocycles. The summed E-state index contributed by atoms with van der Waals surface area (Å²) in [6.45, 7) is 10.7. The van der Waals surface area contributed by atoms with E-state index in [0.717, 1.165) is 54.4 Å². The molecule has 3 aromatic carbocycles. The Labute approximate surface area is 212 Å². The van der Waals surface area contributed by atoms with Gasteiger partial charge in [-0.05, 0) is 92.9 Å². The summed E-state index contributed by atoms with van der Waals surface area (Å²) in [4.78, 5) is 27.3. The maximum atomic E-state index is 13.0. The fraction of sp³-hybridized carbons (Fsp3) is 0.310. The standard InChI is InChI=1S/C29H33N3O4/c1-20-18-24(31-28(34)36-29(2,3)4)10-13-26(20)21-6-5-7-22(19-21)27(33)30-23-8-11-25(12-9-23)32-14-16-35-17-15-32/h5-13,18-19H,14-17H2,1-4H3,(H,30,33)(H,31,34). The van der Waals surface area contributed by atoms with Crippen molar-refractivity contribution < 1.29 is 19.1 Å². The summed E-state index contributed by atoms with van der Waals surface area (Å²) < 4.78 is 10.7. The van der Waals surface area contributed by atoms with E-state index in [0.29, 0.717) is 11.3 Å². The van der Waals surface area contributed by atoms with Crippen LogP contribution in [0.3, 0.4) is 0 Å². The van der Waals surface area contributed by atoms with E-state index in [4.69, 9.17) is 9.47 Å². The van der Waals surface area contributed by atoms with Crippen molar-refractivity contribution in [2.24, 2.45) is 0 Å². The summed E-state index contributed by atoms with van der Waals surface area (Å²) in [5.41, 5.74) is 5.40. The lowest BCUT2D eigenvalue weighted by molar-refractivity contribution is 0.0635. The first-order valence-corrected chi connectivity index (χ1v) is 12.1. The number of hydrogen-bond acceptors (Lipinski definition) is 5. The third-order valence-electron chi connectivity index (χ3n) is 5.81. The third-order valence-corrected chi connectivity index (χ3v) is 5.81. The first-order chi connectivity index (χ1) is 17.2. The van der Waals surface area contributed by atoms with E-state index < -0.39 is 11.7 Å². The van der Waals surface area contributed by atoms with E-state index in [1.807, 2.05) is 88.4 Å². The summed E-state index contributed by atoms with van der Waals surface area (Å²) in [6, 6.07) is 21.1. The second-order valence-electron chi connectivity index (χ2n) is 9.84. The van der Waals surface area contributed by atoms with Gasteiger partial charge in [0.15, 0.2) is 0 Å². The smallest absolute Gasteiger partial charge is 0.412 e. The molecular weight excluding hydrogens is 454 g/mol. The van der Waals surface area contributed by atoms with E-state index in [-0.39, 0.29) is 5.91 Å². The highest BCUT2D eigenvalue weighted by Gasteiger charge is 2.17. The lowest BCUT2D eigenvalue weighted by Crippen LogP contribution is -2.36. The number of nitrogens with zero attached hydrogens (tertiary/aromatic N) is 1. The molecule has 1 saturated heterocycles. The molecule has 2 N–H and O–H groups in total. The fourth-order valence-electron chi connectivity index (χ4n) is 4.10. The summed E-state index contributed by atoms with van der Waals surface area (Å²) >= 11 is 0. The van der Waals surface area contributed by atoms with Gasteiger partial charge in [-0.1, -0.05) is 18.2 Å². The number of rotatable bonds is 5. The van der Waals surface area contributed by atoms with Crippen molar-refractivity contribution in [1.82, 2.24) is 0 Å². The molecular formula is C29H33N3O4. The van der Waals surface area contributed by atoms with Gasteiger partial charge in [0.1, 0.15) is 5.60 Å². The van der Waals surface area contributed by atoms with E-state index in [1.165, 1.54) is 0 Å². The van der Waals surface area contributed by atoms with Crippen LogP contribution >= 0.6 is 0 Å². The Kier molecular flexibility index (Phi) is 7.60.